The number of nitrogens with one attached hydrogen (secondary N) is 3. The summed E-state index contributed by atoms with van der Waals surface area (Å²) in [6, 6.07) is 7.14. The average molecular weight is 306 g/mol. The molecule has 22 heavy (non-hydrogen) atoms. The maximum absolute atomic E-state index is 11.8. The van der Waals surface area contributed by atoms with Crippen molar-refractivity contribution in [1.29, 1.82) is 0 Å². The molecule has 0 bridgehead atoms. The Kier molecular flexibility index (Phi) is 6.22. The first-order valence-corrected chi connectivity index (χ1v) is 7.26. The summed E-state index contributed by atoms with van der Waals surface area (Å²) in [6.45, 7) is 6.56. The largest absolute Gasteiger partial charge is 0.378 e. The third-order valence-electron chi connectivity index (χ3n) is 2.86. The van der Waals surface area contributed by atoms with E-state index in [0.717, 1.165) is 5.69 Å². The molecule has 0 fully saturated rings. The molecule has 0 aliphatic heterocycles. The van der Waals surface area contributed by atoms with Gasteiger partial charge in [-0.3, -0.25) is 4.79 Å². The molecule has 0 heterocycles. The van der Waals surface area contributed by atoms with Gasteiger partial charge in [-0.05, 0) is 29.7 Å². The number of benzene rings is 1. The molecule has 0 aliphatic rings. The van der Waals surface area contributed by atoms with Gasteiger partial charge in [0.15, 0.2) is 0 Å². The lowest BCUT2D eigenvalue weighted by Gasteiger charge is -2.18. The van der Waals surface area contributed by atoms with Gasteiger partial charge in [-0.2, -0.15) is 0 Å². The fourth-order valence-electron chi connectivity index (χ4n) is 1.62. The molecule has 3 amide bonds. The Morgan fingerprint density at radius 2 is 1.64 bits per heavy atom. The molecule has 1 aromatic carbocycles. The van der Waals surface area contributed by atoms with Crippen molar-refractivity contribution < 1.29 is 9.59 Å². The summed E-state index contributed by atoms with van der Waals surface area (Å²) in [5.74, 6) is -0.261. The Labute approximate surface area is 132 Å². The van der Waals surface area contributed by atoms with Gasteiger partial charge in [0, 0.05) is 32.0 Å². The number of nitrogens with zero attached hydrogens (tertiary/aromatic N) is 1. The molecule has 0 saturated heterocycles. The van der Waals surface area contributed by atoms with Crippen molar-refractivity contribution in [2.24, 2.45) is 5.41 Å². The highest BCUT2D eigenvalue weighted by molar-refractivity contribution is 5.94. The van der Waals surface area contributed by atoms with Gasteiger partial charge in [-0.25, -0.2) is 4.79 Å². The van der Waals surface area contributed by atoms with Crippen molar-refractivity contribution in [2.75, 3.05) is 37.4 Å². The highest BCUT2D eigenvalue weighted by atomic mass is 16.2. The van der Waals surface area contributed by atoms with Gasteiger partial charge in [-0.1, -0.05) is 20.8 Å². The van der Waals surface area contributed by atoms with Gasteiger partial charge in [0.25, 0.3) is 0 Å². The van der Waals surface area contributed by atoms with E-state index in [1.807, 2.05) is 64.0 Å². The molecule has 1 rings (SSSR count). The first-order valence-electron chi connectivity index (χ1n) is 7.26. The average Bonchev–Trinajstić information content (AvgIpc) is 2.42. The minimum Gasteiger partial charge on any atom is -0.378 e. The lowest BCUT2D eigenvalue weighted by atomic mass is 9.97. The molecule has 6 heteroatoms. The van der Waals surface area contributed by atoms with E-state index in [9.17, 15) is 9.59 Å². The summed E-state index contributed by atoms with van der Waals surface area (Å²) in [7, 11) is 3.90. The summed E-state index contributed by atoms with van der Waals surface area (Å²) >= 11 is 0. The van der Waals surface area contributed by atoms with E-state index >= 15 is 0 Å². The van der Waals surface area contributed by atoms with Gasteiger partial charge >= 0.3 is 6.03 Å². The third-order valence-corrected chi connectivity index (χ3v) is 2.86. The fourth-order valence-corrected chi connectivity index (χ4v) is 1.62. The molecule has 0 aliphatic carbocycles. The number of hydrogen-bond acceptors (Lipinski definition) is 3. The van der Waals surface area contributed by atoms with Crippen LogP contribution in [0.3, 0.4) is 0 Å². The molecular weight excluding hydrogens is 280 g/mol. The predicted octanol–water partition coefficient (Wildman–Crippen LogP) is 2.04. The normalized spacial score (nSPS) is 10.8. The van der Waals surface area contributed by atoms with Gasteiger partial charge < -0.3 is 20.9 Å². The summed E-state index contributed by atoms with van der Waals surface area (Å²) in [5.41, 5.74) is 1.76. The molecule has 0 aromatic heterocycles. The second kappa shape index (κ2) is 7.68. The topological polar surface area (TPSA) is 73.5 Å². The lowest BCUT2D eigenvalue weighted by molar-refractivity contribution is -0.115. The Morgan fingerprint density at radius 1 is 1.05 bits per heavy atom. The molecule has 1 aromatic rings. The SMILES string of the molecule is CN(C)c1ccc(NC(=O)CNC(=O)NCC(C)(C)C)cc1. The van der Waals surface area contributed by atoms with E-state index in [2.05, 4.69) is 16.0 Å². The molecule has 0 radical (unpaired) electrons. The van der Waals surface area contributed by atoms with E-state index < -0.39 is 0 Å². The van der Waals surface area contributed by atoms with Crippen LogP contribution in [-0.2, 0) is 4.79 Å². The number of carbonyl (C=O) groups excluding carboxylic acids is 2. The number of rotatable bonds is 5. The van der Waals surface area contributed by atoms with Gasteiger partial charge in [0.2, 0.25) is 5.91 Å². The van der Waals surface area contributed by atoms with Crippen LogP contribution in [0.1, 0.15) is 20.8 Å². The lowest BCUT2D eigenvalue weighted by Crippen LogP contribution is -2.42. The van der Waals surface area contributed by atoms with Crippen LogP contribution in [0.25, 0.3) is 0 Å². The Morgan fingerprint density at radius 3 is 2.14 bits per heavy atom. The molecular formula is C16H26N4O2. The number of amides is 3. The second-order valence-electron chi connectivity index (χ2n) is 6.59. The minimum atomic E-state index is -0.340. The Hall–Kier alpha value is -2.24. The molecule has 6 nitrogen and oxygen atoms in total. The highest BCUT2D eigenvalue weighted by Crippen LogP contribution is 2.15. The monoisotopic (exact) mass is 306 g/mol. The Bertz CT molecular complexity index is 504. The zero-order valence-electron chi connectivity index (χ0n) is 14.0. The van der Waals surface area contributed by atoms with E-state index in [1.54, 1.807) is 0 Å². The zero-order valence-corrected chi connectivity index (χ0v) is 14.0. The molecule has 3 N–H and O–H groups in total. The molecule has 0 saturated carbocycles. The number of hydrogen-bond donors (Lipinski definition) is 3. The van der Waals surface area contributed by atoms with Crippen molar-refractivity contribution >= 4 is 23.3 Å². The second-order valence-corrected chi connectivity index (χ2v) is 6.59. The van der Waals surface area contributed by atoms with Crippen molar-refractivity contribution in [3.63, 3.8) is 0 Å². The van der Waals surface area contributed by atoms with Crippen molar-refractivity contribution in [3.05, 3.63) is 24.3 Å². The standard InChI is InChI=1S/C16H26N4O2/c1-16(2,3)11-18-15(22)17-10-14(21)19-12-6-8-13(9-7-12)20(4)5/h6-9H,10-11H2,1-5H3,(H,19,21)(H2,17,18,22). The first-order chi connectivity index (χ1) is 10.2. The number of carbonyl (C=O) groups is 2. The minimum absolute atomic E-state index is 0.00772. The van der Waals surface area contributed by atoms with E-state index in [4.69, 9.17) is 0 Å². The molecule has 122 valence electrons. The number of urea groups is 1. The summed E-state index contributed by atoms with van der Waals surface area (Å²) in [4.78, 5) is 25.3. The fraction of sp³-hybridized carbons (Fsp3) is 0.500. The third kappa shape index (κ3) is 6.97. The van der Waals surface area contributed by atoms with Crippen molar-refractivity contribution in [1.82, 2.24) is 10.6 Å². The van der Waals surface area contributed by atoms with Crippen LogP contribution in [0.4, 0.5) is 16.2 Å². The van der Waals surface area contributed by atoms with Crippen molar-refractivity contribution in [2.45, 2.75) is 20.8 Å². The van der Waals surface area contributed by atoms with Crippen LogP contribution in [-0.4, -0.2) is 39.1 Å². The molecule has 0 unspecified atom stereocenters. The zero-order chi connectivity index (χ0) is 16.8. The van der Waals surface area contributed by atoms with Crippen LogP contribution in [0.5, 0.6) is 0 Å². The summed E-state index contributed by atoms with van der Waals surface area (Å²) in [5, 5.41) is 8.00. The quantitative estimate of drug-likeness (QED) is 0.779. The van der Waals surface area contributed by atoms with E-state index in [-0.39, 0.29) is 23.9 Å². The van der Waals surface area contributed by atoms with Crippen LogP contribution in [0.2, 0.25) is 0 Å². The van der Waals surface area contributed by atoms with E-state index in [0.29, 0.717) is 12.2 Å². The van der Waals surface area contributed by atoms with E-state index in [1.165, 1.54) is 0 Å². The van der Waals surface area contributed by atoms with Gasteiger partial charge in [0.05, 0.1) is 6.54 Å². The predicted molar refractivity (Wildman–Crippen MR) is 90.3 cm³/mol. The van der Waals surface area contributed by atoms with Crippen LogP contribution < -0.4 is 20.9 Å². The van der Waals surface area contributed by atoms with Gasteiger partial charge in [-0.15, -0.1) is 0 Å². The summed E-state index contributed by atoms with van der Waals surface area (Å²) in [6.07, 6.45) is 0. The van der Waals surface area contributed by atoms with Crippen molar-refractivity contribution in [3.8, 4) is 0 Å². The first kappa shape index (κ1) is 17.8. The van der Waals surface area contributed by atoms with Crippen LogP contribution >= 0.6 is 0 Å². The van der Waals surface area contributed by atoms with Crippen LogP contribution in [0.15, 0.2) is 24.3 Å². The molecule has 0 atom stereocenters. The maximum Gasteiger partial charge on any atom is 0.315 e. The van der Waals surface area contributed by atoms with Gasteiger partial charge in [0.1, 0.15) is 0 Å². The Balaban J connectivity index is 2.35. The van der Waals surface area contributed by atoms with Crippen LogP contribution in [0, 0.1) is 5.41 Å². The smallest absolute Gasteiger partial charge is 0.315 e. The highest BCUT2D eigenvalue weighted by Gasteiger charge is 2.12. The molecule has 0 spiro atoms. The summed E-state index contributed by atoms with van der Waals surface area (Å²) < 4.78 is 0. The number of anilines is 2. The maximum atomic E-state index is 11.8.